The largest absolute Gasteiger partial charge is 0.459 e. The molecule has 5 unspecified atom stereocenters. The number of ether oxygens (including phenoxy) is 1. The van der Waals surface area contributed by atoms with Crippen LogP contribution >= 0.6 is 0 Å². The Morgan fingerprint density at radius 3 is 2.33 bits per heavy atom. The maximum Gasteiger partial charge on any atom is 0.303 e. The first-order chi connectivity index (χ1) is 12.7. The fraction of sp³-hybridized carbons (Fsp3) is 0.833. The summed E-state index contributed by atoms with van der Waals surface area (Å²) in [5, 5.41) is 0. The third-order valence-corrected chi connectivity index (χ3v) is 8.86. The monoisotopic (exact) mass is 374 g/mol. The fourth-order valence-electron chi connectivity index (χ4n) is 7.27. The van der Waals surface area contributed by atoms with Crippen LogP contribution in [0.1, 0.15) is 92.9 Å². The Morgan fingerprint density at radius 1 is 1.00 bits per heavy atom. The van der Waals surface area contributed by atoms with Crippen LogP contribution in [0.2, 0.25) is 0 Å². The zero-order chi connectivity index (χ0) is 20.0. The SMILES string of the molecule is CC.CC(=O)O[C@@]1(C)CCC2C3CCC4=CC(=O)CCC4(C)C3CCC21C. The van der Waals surface area contributed by atoms with Crippen LogP contribution in [-0.2, 0) is 14.3 Å². The van der Waals surface area contributed by atoms with Crippen LogP contribution in [-0.4, -0.2) is 17.4 Å². The Balaban J connectivity index is 0.00000102. The second-order valence-corrected chi connectivity index (χ2v) is 9.79. The van der Waals surface area contributed by atoms with E-state index in [2.05, 4.69) is 20.8 Å². The summed E-state index contributed by atoms with van der Waals surface area (Å²) in [5.74, 6) is 2.24. The molecular formula is C24H38O3. The number of carbonyl (C=O) groups excluding carboxylic acids is 2. The minimum atomic E-state index is -0.311. The van der Waals surface area contributed by atoms with Crippen LogP contribution < -0.4 is 0 Å². The smallest absolute Gasteiger partial charge is 0.303 e. The van der Waals surface area contributed by atoms with E-state index in [-0.39, 0.29) is 22.4 Å². The number of rotatable bonds is 1. The Kier molecular flexibility index (Phi) is 5.38. The molecule has 0 radical (unpaired) electrons. The second-order valence-electron chi connectivity index (χ2n) is 9.79. The van der Waals surface area contributed by atoms with Crippen molar-refractivity contribution in [1.82, 2.24) is 0 Å². The number of carbonyl (C=O) groups is 2. The number of hydrogen-bond acceptors (Lipinski definition) is 3. The molecule has 3 saturated carbocycles. The van der Waals surface area contributed by atoms with Crippen molar-refractivity contribution in [3.8, 4) is 0 Å². The molecule has 0 bridgehead atoms. The lowest BCUT2D eigenvalue weighted by atomic mass is 9.46. The average molecular weight is 375 g/mol. The van der Waals surface area contributed by atoms with Crippen molar-refractivity contribution in [3.63, 3.8) is 0 Å². The highest BCUT2D eigenvalue weighted by atomic mass is 16.6. The predicted molar refractivity (Wildman–Crippen MR) is 108 cm³/mol. The van der Waals surface area contributed by atoms with Crippen LogP contribution in [0.15, 0.2) is 11.6 Å². The van der Waals surface area contributed by atoms with Crippen LogP contribution in [0, 0.1) is 28.6 Å². The first-order valence-corrected chi connectivity index (χ1v) is 11.1. The van der Waals surface area contributed by atoms with Crippen molar-refractivity contribution in [2.75, 3.05) is 0 Å². The molecule has 6 atom stereocenters. The highest BCUT2D eigenvalue weighted by Crippen LogP contribution is 2.68. The number of allylic oxidation sites excluding steroid dienone is 1. The van der Waals surface area contributed by atoms with E-state index in [4.69, 9.17) is 4.74 Å². The van der Waals surface area contributed by atoms with E-state index >= 15 is 0 Å². The number of hydrogen-bond donors (Lipinski definition) is 0. The van der Waals surface area contributed by atoms with Gasteiger partial charge in [-0.25, -0.2) is 0 Å². The highest BCUT2D eigenvalue weighted by Gasteiger charge is 2.64. The van der Waals surface area contributed by atoms with Gasteiger partial charge in [0.2, 0.25) is 0 Å². The maximum atomic E-state index is 11.9. The molecule has 0 aromatic rings. The molecule has 27 heavy (non-hydrogen) atoms. The summed E-state index contributed by atoms with van der Waals surface area (Å²) in [7, 11) is 0. The van der Waals surface area contributed by atoms with Gasteiger partial charge in [-0.2, -0.15) is 0 Å². The van der Waals surface area contributed by atoms with E-state index in [0.29, 0.717) is 23.5 Å². The van der Waals surface area contributed by atoms with Gasteiger partial charge in [-0.15, -0.1) is 0 Å². The van der Waals surface area contributed by atoms with Gasteiger partial charge in [0.25, 0.3) is 0 Å². The molecule has 4 aliphatic rings. The molecular weight excluding hydrogens is 336 g/mol. The first kappa shape index (κ1) is 20.6. The van der Waals surface area contributed by atoms with Crippen LogP contribution in [0.25, 0.3) is 0 Å². The summed E-state index contributed by atoms with van der Waals surface area (Å²) < 4.78 is 5.90. The molecule has 3 nitrogen and oxygen atoms in total. The zero-order valence-electron chi connectivity index (χ0n) is 18.2. The van der Waals surface area contributed by atoms with Gasteiger partial charge in [0, 0.05) is 18.8 Å². The lowest BCUT2D eigenvalue weighted by Crippen LogP contribution is -2.55. The third-order valence-electron chi connectivity index (χ3n) is 8.86. The van der Waals surface area contributed by atoms with Gasteiger partial charge >= 0.3 is 5.97 Å². The zero-order valence-corrected chi connectivity index (χ0v) is 18.2. The van der Waals surface area contributed by atoms with Gasteiger partial charge in [-0.05, 0) is 81.1 Å². The highest BCUT2D eigenvalue weighted by molar-refractivity contribution is 5.91. The molecule has 0 aliphatic heterocycles. The molecule has 0 saturated heterocycles. The molecule has 0 aromatic carbocycles. The van der Waals surface area contributed by atoms with Gasteiger partial charge in [-0.1, -0.05) is 33.3 Å². The van der Waals surface area contributed by atoms with E-state index in [1.807, 2.05) is 19.9 Å². The lowest BCUT2D eigenvalue weighted by Gasteiger charge is -2.59. The Labute approximate surface area is 165 Å². The van der Waals surface area contributed by atoms with Gasteiger partial charge in [0.15, 0.2) is 5.78 Å². The van der Waals surface area contributed by atoms with E-state index in [1.165, 1.54) is 24.8 Å². The van der Waals surface area contributed by atoms with Crippen LogP contribution in [0.4, 0.5) is 0 Å². The predicted octanol–water partition coefficient (Wildman–Crippen LogP) is 5.87. The van der Waals surface area contributed by atoms with Crippen LogP contribution in [0.5, 0.6) is 0 Å². The van der Waals surface area contributed by atoms with E-state index in [0.717, 1.165) is 32.1 Å². The topological polar surface area (TPSA) is 43.4 Å². The van der Waals surface area contributed by atoms with Crippen molar-refractivity contribution in [3.05, 3.63) is 11.6 Å². The van der Waals surface area contributed by atoms with Crippen molar-refractivity contribution >= 4 is 11.8 Å². The fourth-order valence-corrected chi connectivity index (χ4v) is 7.27. The normalized spacial score (nSPS) is 45.5. The summed E-state index contributed by atoms with van der Waals surface area (Å²) in [5.41, 5.74) is 1.43. The van der Waals surface area contributed by atoms with Gasteiger partial charge in [0.05, 0.1) is 0 Å². The lowest BCUT2D eigenvalue weighted by molar-refractivity contribution is -0.177. The first-order valence-electron chi connectivity index (χ1n) is 11.1. The molecule has 152 valence electrons. The second kappa shape index (κ2) is 7.04. The average Bonchev–Trinajstić information content (AvgIpc) is 2.88. The van der Waals surface area contributed by atoms with E-state index in [1.54, 1.807) is 6.92 Å². The molecule has 0 aromatic heterocycles. The maximum absolute atomic E-state index is 11.9. The molecule has 0 amide bonds. The molecule has 4 rings (SSSR count). The summed E-state index contributed by atoms with van der Waals surface area (Å²) in [6.07, 6.45) is 10.5. The number of esters is 1. The quantitative estimate of drug-likeness (QED) is 0.539. The Morgan fingerprint density at radius 2 is 1.67 bits per heavy atom. The van der Waals surface area contributed by atoms with Gasteiger partial charge in [-0.3, -0.25) is 9.59 Å². The summed E-state index contributed by atoms with van der Waals surface area (Å²) in [4.78, 5) is 23.6. The van der Waals surface area contributed by atoms with Crippen molar-refractivity contribution in [2.45, 2.75) is 98.5 Å². The molecule has 0 N–H and O–H groups in total. The number of ketones is 1. The minimum absolute atomic E-state index is 0.0991. The van der Waals surface area contributed by atoms with Crippen molar-refractivity contribution in [2.24, 2.45) is 28.6 Å². The Hall–Kier alpha value is -1.12. The van der Waals surface area contributed by atoms with Crippen LogP contribution in [0.3, 0.4) is 0 Å². The molecule has 0 heterocycles. The molecule has 3 heteroatoms. The summed E-state index contributed by atoms with van der Waals surface area (Å²) in [6, 6.07) is 0. The Bertz CT molecular complexity index is 650. The van der Waals surface area contributed by atoms with Crippen molar-refractivity contribution < 1.29 is 14.3 Å². The number of fused-ring (bicyclic) bond motifs is 5. The molecule has 0 spiro atoms. The summed E-state index contributed by atoms with van der Waals surface area (Å²) >= 11 is 0. The van der Waals surface area contributed by atoms with Crippen molar-refractivity contribution in [1.29, 1.82) is 0 Å². The summed E-state index contributed by atoms with van der Waals surface area (Å²) in [6.45, 7) is 12.5. The minimum Gasteiger partial charge on any atom is -0.459 e. The molecule has 4 aliphatic carbocycles. The van der Waals surface area contributed by atoms with Gasteiger partial charge in [0.1, 0.15) is 5.60 Å². The third kappa shape index (κ3) is 3.00. The van der Waals surface area contributed by atoms with E-state index in [9.17, 15) is 9.59 Å². The standard InChI is InChI=1S/C22H32O3.C2H6/c1-14(23)25-22(4)12-9-19-17-6-5-15-13-16(24)7-10-20(15,2)18(17)8-11-21(19,22)3;1-2/h13,17-19H,5-12H2,1-4H3;1-2H3/t17?,18?,19?,20?,21?,22-;/m0./s1. The van der Waals surface area contributed by atoms with Gasteiger partial charge < -0.3 is 4.74 Å². The van der Waals surface area contributed by atoms with E-state index < -0.39 is 0 Å². The molecule has 3 fully saturated rings.